The molecule has 26 heavy (non-hydrogen) atoms. The van der Waals surface area contributed by atoms with Crippen molar-refractivity contribution in [1.29, 1.82) is 0 Å². The first-order valence-corrected chi connectivity index (χ1v) is 9.03. The summed E-state index contributed by atoms with van der Waals surface area (Å²) in [7, 11) is 0. The molecule has 0 saturated heterocycles. The Kier molecular flexibility index (Phi) is 5.93. The van der Waals surface area contributed by atoms with E-state index in [1.54, 1.807) is 25.2 Å². The number of fused-ring (bicyclic) bond motifs is 1. The van der Waals surface area contributed by atoms with Crippen LogP contribution in [0.25, 0.3) is 0 Å². The van der Waals surface area contributed by atoms with Crippen molar-refractivity contribution in [2.24, 2.45) is 0 Å². The lowest BCUT2D eigenvalue weighted by molar-refractivity contribution is -0.131. The van der Waals surface area contributed by atoms with Crippen molar-refractivity contribution >= 4 is 5.97 Å². The van der Waals surface area contributed by atoms with E-state index in [0.717, 1.165) is 5.56 Å². The van der Waals surface area contributed by atoms with Crippen LogP contribution in [-0.4, -0.2) is 11.1 Å². The van der Waals surface area contributed by atoms with Crippen LogP contribution >= 0.6 is 0 Å². The molecule has 0 heterocycles. The summed E-state index contributed by atoms with van der Waals surface area (Å²) in [6, 6.07) is 6.59. The summed E-state index contributed by atoms with van der Waals surface area (Å²) in [5.74, 6) is 5.32. The van der Waals surface area contributed by atoms with Gasteiger partial charge < -0.3 is 5.11 Å². The first kappa shape index (κ1) is 19.8. The van der Waals surface area contributed by atoms with Crippen LogP contribution in [0.15, 0.2) is 54.2 Å². The van der Waals surface area contributed by atoms with E-state index in [-0.39, 0.29) is 10.8 Å². The van der Waals surface area contributed by atoms with E-state index in [1.807, 2.05) is 6.08 Å². The van der Waals surface area contributed by atoms with Gasteiger partial charge in [-0.2, -0.15) is 0 Å². The SMILES string of the molecule is CC(/C=C/C=C/C#Cc1ccc2c(c1)C(C)(C)CCC2(C)C)=C\C(=O)O. The molecule has 1 aliphatic carbocycles. The van der Waals surface area contributed by atoms with Crippen LogP contribution in [0.1, 0.15) is 64.2 Å². The van der Waals surface area contributed by atoms with E-state index in [1.165, 1.54) is 30.0 Å². The summed E-state index contributed by atoms with van der Waals surface area (Å²) in [6.07, 6.45) is 10.7. The fourth-order valence-corrected chi connectivity index (χ4v) is 3.35. The van der Waals surface area contributed by atoms with Crippen molar-refractivity contribution in [1.82, 2.24) is 0 Å². The minimum absolute atomic E-state index is 0.190. The van der Waals surface area contributed by atoms with Gasteiger partial charge in [0.1, 0.15) is 0 Å². The molecule has 2 rings (SSSR count). The van der Waals surface area contributed by atoms with Gasteiger partial charge in [-0.15, -0.1) is 0 Å². The molecular formula is C24H28O2. The predicted molar refractivity (Wildman–Crippen MR) is 108 cm³/mol. The highest BCUT2D eigenvalue weighted by atomic mass is 16.4. The largest absolute Gasteiger partial charge is 0.478 e. The Hall–Kier alpha value is -2.53. The van der Waals surface area contributed by atoms with Crippen LogP contribution in [0.4, 0.5) is 0 Å². The van der Waals surface area contributed by atoms with Gasteiger partial charge in [0.25, 0.3) is 0 Å². The van der Waals surface area contributed by atoms with E-state index in [2.05, 4.69) is 57.7 Å². The van der Waals surface area contributed by atoms with Gasteiger partial charge in [0.15, 0.2) is 0 Å². The van der Waals surface area contributed by atoms with Gasteiger partial charge in [-0.3, -0.25) is 0 Å². The summed E-state index contributed by atoms with van der Waals surface area (Å²) < 4.78 is 0. The summed E-state index contributed by atoms with van der Waals surface area (Å²) in [5, 5.41) is 8.65. The van der Waals surface area contributed by atoms with Gasteiger partial charge in [-0.25, -0.2) is 4.79 Å². The first-order valence-electron chi connectivity index (χ1n) is 9.03. The summed E-state index contributed by atoms with van der Waals surface area (Å²) >= 11 is 0. The lowest BCUT2D eigenvalue weighted by atomic mass is 9.63. The van der Waals surface area contributed by atoms with Gasteiger partial charge in [-0.05, 0) is 65.5 Å². The van der Waals surface area contributed by atoms with Crippen molar-refractivity contribution in [2.45, 2.75) is 58.3 Å². The number of rotatable bonds is 3. The smallest absolute Gasteiger partial charge is 0.328 e. The van der Waals surface area contributed by atoms with Gasteiger partial charge >= 0.3 is 5.97 Å². The molecule has 0 aromatic heterocycles. The van der Waals surface area contributed by atoms with Crippen LogP contribution in [0.3, 0.4) is 0 Å². The normalized spacial score (nSPS) is 18.4. The highest BCUT2D eigenvalue weighted by molar-refractivity contribution is 5.81. The highest BCUT2D eigenvalue weighted by Gasteiger charge is 2.36. The second kappa shape index (κ2) is 7.79. The molecule has 1 N–H and O–H groups in total. The number of hydrogen-bond acceptors (Lipinski definition) is 1. The average molecular weight is 348 g/mol. The van der Waals surface area contributed by atoms with E-state index in [9.17, 15) is 4.79 Å². The van der Waals surface area contributed by atoms with E-state index in [4.69, 9.17) is 5.11 Å². The highest BCUT2D eigenvalue weighted by Crippen LogP contribution is 2.45. The van der Waals surface area contributed by atoms with Crippen molar-refractivity contribution in [3.8, 4) is 11.8 Å². The van der Waals surface area contributed by atoms with E-state index >= 15 is 0 Å². The molecule has 0 unspecified atom stereocenters. The zero-order valence-corrected chi connectivity index (χ0v) is 16.4. The molecule has 0 aliphatic heterocycles. The third kappa shape index (κ3) is 4.99. The number of benzene rings is 1. The Morgan fingerprint density at radius 1 is 1.08 bits per heavy atom. The van der Waals surface area contributed by atoms with Gasteiger partial charge in [0.05, 0.1) is 0 Å². The monoisotopic (exact) mass is 348 g/mol. The molecule has 1 aliphatic rings. The summed E-state index contributed by atoms with van der Waals surface area (Å²) in [4.78, 5) is 10.5. The predicted octanol–water partition coefficient (Wildman–Crippen LogP) is 5.53. The molecule has 0 fully saturated rings. The van der Waals surface area contributed by atoms with Gasteiger partial charge in [0.2, 0.25) is 0 Å². The maximum absolute atomic E-state index is 10.5. The number of carboxylic acids is 1. The van der Waals surface area contributed by atoms with Crippen molar-refractivity contribution in [2.75, 3.05) is 0 Å². The molecule has 0 amide bonds. The molecule has 0 atom stereocenters. The number of carbonyl (C=O) groups is 1. The minimum atomic E-state index is -0.936. The molecule has 2 nitrogen and oxygen atoms in total. The molecule has 2 heteroatoms. The second-order valence-corrected chi connectivity index (χ2v) is 8.24. The van der Waals surface area contributed by atoms with E-state index < -0.39 is 5.97 Å². The van der Waals surface area contributed by atoms with Crippen LogP contribution < -0.4 is 0 Å². The van der Waals surface area contributed by atoms with E-state index in [0.29, 0.717) is 5.57 Å². The zero-order valence-electron chi connectivity index (χ0n) is 16.4. The molecule has 1 aromatic carbocycles. The molecule has 1 aromatic rings. The topological polar surface area (TPSA) is 37.3 Å². The Balaban J connectivity index is 2.16. The van der Waals surface area contributed by atoms with Gasteiger partial charge in [0, 0.05) is 11.6 Å². The molecule has 0 saturated carbocycles. The van der Waals surface area contributed by atoms with Gasteiger partial charge in [-0.1, -0.05) is 63.8 Å². The Bertz CT molecular complexity index is 837. The van der Waals surface area contributed by atoms with Crippen LogP contribution in [-0.2, 0) is 15.6 Å². The maximum atomic E-state index is 10.5. The summed E-state index contributed by atoms with van der Waals surface area (Å²) in [6.45, 7) is 11.0. The van der Waals surface area contributed by atoms with Crippen LogP contribution in [0, 0.1) is 11.8 Å². The average Bonchev–Trinajstić information content (AvgIpc) is 2.54. The Morgan fingerprint density at radius 3 is 2.38 bits per heavy atom. The number of carboxylic acid groups (broad SMARTS) is 1. The fourth-order valence-electron chi connectivity index (χ4n) is 3.35. The maximum Gasteiger partial charge on any atom is 0.328 e. The van der Waals surface area contributed by atoms with Crippen molar-refractivity contribution in [3.63, 3.8) is 0 Å². The first-order chi connectivity index (χ1) is 12.1. The van der Waals surface area contributed by atoms with Crippen LogP contribution in [0.5, 0.6) is 0 Å². The number of aliphatic carboxylic acids is 1. The Labute approximate surface area is 157 Å². The second-order valence-electron chi connectivity index (χ2n) is 8.24. The van der Waals surface area contributed by atoms with Crippen molar-refractivity contribution in [3.05, 3.63) is 70.8 Å². The fraction of sp³-hybridized carbons (Fsp3) is 0.375. The lowest BCUT2D eigenvalue weighted by Crippen LogP contribution is -2.33. The third-order valence-electron chi connectivity index (χ3n) is 5.07. The molecular weight excluding hydrogens is 320 g/mol. The van der Waals surface area contributed by atoms with Crippen molar-refractivity contribution < 1.29 is 9.90 Å². The Morgan fingerprint density at radius 2 is 1.73 bits per heavy atom. The molecule has 136 valence electrons. The molecule has 0 spiro atoms. The minimum Gasteiger partial charge on any atom is -0.478 e. The number of hydrogen-bond donors (Lipinski definition) is 1. The third-order valence-corrected chi connectivity index (χ3v) is 5.07. The number of allylic oxidation sites excluding steroid dienone is 5. The summed E-state index contributed by atoms with van der Waals surface area (Å²) in [5.41, 5.74) is 5.00. The van der Waals surface area contributed by atoms with Crippen LogP contribution in [0.2, 0.25) is 0 Å². The molecule has 0 bridgehead atoms. The molecule has 0 radical (unpaired) electrons. The quantitative estimate of drug-likeness (QED) is 0.443. The zero-order chi connectivity index (χ0) is 19.4. The lowest BCUT2D eigenvalue weighted by Gasteiger charge is -2.41. The standard InChI is InChI=1S/C24H28O2/c1-18(16-22(25)26)10-8-6-7-9-11-19-12-13-20-21(17-19)24(4,5)15-14-23(20,2)3/h6-8,10,12-13,16-17H,14-15H2,1-5H3,(H,25,26)/b7-6+,10-8+,18-16+.